The molecule has 0 aliphatic rings. The quantitative estimate of drug-likeness (QED) is 0.635. The SMILES string of the molecule is COC(=O)c1ccc2scc(-c3cc(F)ccc3C)c2c1. The summed E-state index contributed by atoms with van der Waals surface area (Å²) in [5.74, 6) is -0.635. The van der Waals surface area contributed by atoms with Gasteiger partial charge in [-0.05, 0) is 53.8 Å². The van der Waals surface area contributed by atoms with Crippen LogP contribution in [0.3, 0.4) is 0 Å². The lowest BCUT2D eigenvalue weighted by atomic mass is 9.99. The van der Waals surface area contributed by atoms with E-state index in [1.807, 2.05) is 18.4 Å². The lowest BCUT2D eigenvalue weighted by Gasteiger charge is -2.06. The molecule has 0 saturated heterocycles. The maximum absolute atomic E-state index is 13.5. The van der Waals surface area contributed by atoms with Crippen LogP contribution in [0.25, 0.3) is 21.2 Å². The normalized spacial score (nSPS) is 10.8. The van der Waals surface area contributed by atoms with Gasteiger partial charge in [-0.2, -0.15) is 0 Å². The van der Waals surface area contributed by atoms with E-state index in [-0.39, 0.29) is 11.8 Å². The van der Waals surface area contributed by atoms with Crippen LogP contribution in [-0.4, -0.2) is 13.1 Å². The third-order valence-electron chi connectivity index (χ3n) is 3.48. The number of ether oxygens (including phenoxy) is 1. The van der Waals surface area contributed by atoms with Gasteiger partial charge in [0.25, 0.3) is 0 Å². The van der Waals surface area contributed by atoms with E-state index >= 15 is 0 Å². The summed E-state index contributed by atoms with van der Waals surface area (Å²) in [5, 5.41) is 2.93. The first-order chi connectivity index (χ1) is 10.1. The Balaban J connectivity index is 2.23. The van der Waals surface area contributed by atoms with E-state index in [2.05, 4.69) is 0 Å². The number of rotatable bonds is 2. The van der Waals surface area contributed by atoms with Gasteiger partial charge in [-0.3, -0.25) is 0 Å². The highest BCUT2D eigenvalue weighted by molar-refractivity contribution is 7.17. The first-order valence-electron chi connectivity index (χ1n) is 6.46. The Hall–Kier alpha value is -2.20. The van der Waals surface area contributed by atoms with Gasteiger partial charge in [-0.15, -0.1) is 11.3 Å². The standard InChI is InChI=1S/C17H13FO2S/c1-10-3-5-12(18)8-13(10)15-9-21-16-6-4-11(7-14(15)16)17(19)20-2/h3-9H,1-2H3. The second kappa shape index (κ2) is 5.30. The molecule has 1 aromatic heterocycles. The summed E-state index contributed by atoms with van der Waals surface area (Å²) in [6.07, 6.45) is 0. The number of methoxy groups -OCH3 is 1. The number of carbonyl (C=O) groups is 1. The molecule has 0 N–H and O–H groups in total. The maximum atomic E-state index is 13.5. The summed E-state index contributed by atoms with van der Waals surface area (Å²) < 4.78 is 19.3. The zero-order valence-electron chi connectivity index (χ0n) is 11.6. The minimum absolute atomic E-state index is 0.265. The summed E-state index contributed by atoms with van der Waals surface area (Å²) in [5.41, 5.74) is 3.29. The van der Waals surface area contributed by atoms with Crippen molar-refractivity contribution in [2.24, 2.45) is 0 Å². The second-order valence-corrected chi connectivity index (χ2v) is 5.72. The Labute approximate surface area is 125 Å². The third kappa shape index (κ3) is 2.43. The van der Waals surface area contributed by atoms with Crippen molar-refractivity contribution in [3.05, 3.63) is 58.7 Å². The van der Waals surface area contributed by atoms with Crippen molar-refractivity contribution in [3.63, 3.8) is 0 Å². The number of hydrogen-bond acceptors (Lipinski definition) is 3. The summed E-state index contributed by atoms with van der Waals surface area (Å²) in [6, 6.07) is 10.2. The number of thiophene rings is 1. The Morgan fingerprint density at radius 1 is 1.14 bits per heavy atom. The fourth-order valence-electron chi connectivity index (χ4n) is 2.37. The fraction of sp³-hybridized carbons (Fsp3) is 0.118. The minimum Gasteiger partial charge on any atom is -0.465 e. The average Bonchev–Trinajstić information content (AvgIpc) is 2.91. The predicted octanol–water partition coefficient (Wildman–Crippen LogP) is 4.80. The van der Waals surface area contributed by atoms with E-state index in [1.165, 1.54) is 19.2 Å². The number of fused-ring (bicyclic) bond motifs is 1. The van der Waals surface area contributed by atoms with E-state index in [4.69, 9.17) is 4.74 Å². The van der Waals surface area contributed by atoms with Crippen molar-refractivity contribution in [3.8, 4) is 11.1 Å². The molecule has 0 unspecified atom stereocenters. The van der Waals surface area contributed by atoms with E-state index in [0.29, 0.717) is 5.56 Å². The van der Waals surface area contributed by atoms with E-state index in [1.54, 1.807) is 29.5 Å². The number of hydrogen-bond donors (Lipinski definition) is 0. The average molecular weight is 300 g/mol. The molecule has 0 atom stereocenters. The molecule has 0 bridgehead atoms. The van der Waals surface area contributed by atoms with Crippen LogP contribution >= 0.6 is 11.3 Å². The van der Waals surface area contributed by atoms with Crippen molar-refractivity contribution >= 4 is 27.4 Å². The smallest absolute Gasteiger partial charge is 0.337 e. The Morgan fingerprint density at radius 3 is 2.71 bits per heavy atom. The number of aryl methyl sites for hydroxylation is 1. The lowest BCUT2D eigenvalue weighted by molar-refractivity contribution is 0.0601. The summed E-state index contributed by atoms with van der Waals surface area (Å²) in [4.78, 5) is 11.7. The van der Waals surface area contributed by atoms with Crippen LogP contribution in [0.1, 0.15) is 15.9 Å². The van der Waals surface area contributed by atoms with Gasteiger partial charge in [0.2, 0.25) is 0 Å². The van der Waals surface area contributed by atoms with Gasteiger partial charge in [0, 0.05) is 15.6 Å². The number of benzene rings is 2. The molecule has 3 rings (SSSR count). The van der Waals surface area contributed by atoms with Gasteiger partial charge in [0.1, 0.15) is 5.82 Å². The summed E-state index contributed by atoms with van der Waals surface area (Å²) in [7, 11) is 1.36. The van der Waals surface area contributed by atoms with Crippen molar-refractivity contribution in [1.29, 1.82) is 0 Å². The predicted molar refractivity (Wildman–Crippen MR) is 83.3 cm³/mol. The molecule has 106 valence electrons. The lowest BCUT2D eigenvalue weighted by Crippen LogP contribution is -2.00. The van der Waals surface area contributed by atoms with Gasteiger partial charge in [-0.25, -0.2) is 9.18 Å². The maximum Gasteiger partial charge on any atom is 0.337 e. The van der Waals surface area contributed by atoms with Gasteiger partial charge in [0.05, 0.1) is 12.7 Å². The third-order valence-corrected chi connectivity index (χ3v) is 4.45. The van der Waals surface area contributed by atoms with Crippen LogP contribution in [0.15, 0.2) is 41.8 Å². The van der Waals surface area contributed by atoms with Crippen molar-refractivity contribution < 1.29 is 13.9 Å². The highest BCUT2D eigenvalue weighted by Gasteiger charge is 2.13. The molecule has 2 nitrogen and oxygen atoms in total. The van der Waals surface area contributed by atoms with Gasteiger partial charge in [-0.1, -0.05) is 6.07 Å². The van der Waals surface area contributed by atoms with E-state index in [0.717, 1.165) is 26.8 Å². The van der Waals surface area contributed by atoms with Crippen LogP contribution in [0.4, 0.5) is 4.39 Å². The molecular formula is C17H13FO2S. The Kier molecular flexibility index (Phi) is 3.47. The fourth-order valence-corrected chi connectivity index (χ4v) is 3.31. The molecule has 0 aliphatic carbocycles. The Bertz CT molecular complexity index is 836. The molecule has 3 aromatic rings. The molecule has 0 aliphatic heterocycles. The van der Waals surface area contributed by atoms with Crippen LogP contribution < -0.4 is 0 Å². The molecule has 0 fully saturated rings. The van der Waals surface area contributed by atoms with E-state index in [9.17, 15) is 9.18 Å². The second-order valence-electron chi connectivity index (χ2n) is 4.81. The first-order valence-corrected chi connectivity index (χ1v) is 7.34. The molecule has 0 spiro atoms. The zero-order valence-corrected chi connectivity index (χ0v) is 12.5. The van der Waals surface area contributed by atoms with Crippen LogP contribution in [0.2, 0.25) is 0 Å². The number of esters is 1. The van der Waals surface area contributed by atoms with Crippen molar-refractivity contribution in [2.45, 2.75) is 6.92 Å². The van der Waals surface area contributed by atoms with Crippen LogP contribution in [0, 0.1) is 12.7 Å². The molecular weight excluding hydrogens is 287 g/mol. The first kappa shape index (κ1) is 13.8. The van der Waals surface area contributed by atoms with Gasteiger partial charge in [0.15, 0.2) is 0 Å². The monoisotopic (exact) mass is 300 g/mol. The molecule has 0 saturated carbocycles. The van der Waals surface area contributed by atoms with Crippen LogP contribution in [-0.2, 0) is 4.74 Å². The largest absolute Gasteiger partial charge is 0.465 e. The molecule has 2 aromatic carbocycles. The summed E-state index contributed by atoms with van der Waals surface area (Å²) in [6.45, 7) is 1.95. The summed E-state index contributed by atoms with van der Waals surface area (Å²) >= 11 is 1.58. The van der Waals surface area contributed by atoms with Crippen LogP contribution in [0.5, 0.6) is 0 Å². The number of carbonyl (C=O) groups excluding carboxylic acids is 1. The van der Waals surface area contributed by atoms with Crippen molar-refractivity contribution in [2.75, 3.05) is 7.11 Å². The molecule has 1 heterocycles. The Morgan fingerprint density at radius 2 is 1.95 bits per heavy atom. The topological polar surface area (TPSA) is 26.3 Å². The zero-order chi connectivity index (χ0) is 15.0. The molecule has 4 heteroatoms. The minimum atomic E-state index is -0.370. The van der Waals surface area contributed by atoms with Crippen molar-refractivity contribution in [1.82, 2.24) is 0 Å². The molecule has 21 heavy (non-hydrogen) atoms. The van der Waals surface area contributed by atoms with E-state index < -0.39 is 0 Å². The highest BCUT2D eigenvalue weighted by Crippen LogP contribution is 2.36. The number of halogens is 1. The molecule has 0 radical (unpaired) electrons. The van der Waals surface area contributed by atoms with Gasteiger partial charge >= 0.3 is 5.97 Å². The van der Waals surface area contributed by atoms with Gasteiger partial charge < -0.3 is 4.74 Å². The highest BCUT2D eigenvalue weighted by atomic mass is 32.1. The molecule has 0 amide bonds.